The molecule has 0 spiro atoms. The average Bonchev–Trinajstić information content (AvgIpc) is 3.36. The van der Waals surface area contributed by atoms with Crippen LogP contribution in [0.25, 0.3) is 17.5 Å². The van der Waals surface area contributed by atoms with Crippen LogP contribution >= 0.6 is 35.0 Å². The first-order valence-electron chi connectivity index (χ1n) is 10.8. The number of carboxylic acid groups (broad SMARTS) is 1. The molecule has 1 aromatic heterocycles. The third kappa shape index (κ3) is 6.97. The van der Waals surface area contributed by atoms with E-state index in [-0.39, 0.29) is 16.7 Å². The maximum absolute atomic E-state index is 12.1. The van der Waals surface area contributed by atoms with E-state index in [1.54, 1.807) is 62.8 Å². The molecule has 0 fully saturated rings. The number of rotatable bonds is 10. The molecule has 3 aromatic carbocycles. The molecule has 37 heavy (non-hydrogen) atoms. The molecule has 0 aliphatic heterocycles. The first-order valence-corrected chi connectivity index (χ1v) is 12.4. The highest BCUT2D eigenvalue weighted by atomic mass is 35.5. The monoisotopic (exact) mass is 557 g/mol. The number of aliphatic carboxylic acids is 1. The Bertz CT molecular complexity index is 1440. The van der Waals surface area contributed by atoms with E-state index in [0.717, 1.165) is 17.3 Å². The van der Waals surface area contributed by atoms with E-state index in [2.05, 4.69) is 15.2 Å². The summed E-state index contributed by atoms with van der Waals surface area (Å²) in [4.78, 5) is 16.5. The van der Waals surface area contributed by atoms with Gasteiger partial charge in [0.05, 0.1) is 14.2 Å². The summed E-state index contributed by atoms with van der Waals surface area (Å²) in [6.45, 7) is 0.243. The van der Waals surface area contributed by atoms with Crippen LogP contribution in [0.15, 0.2) is 70.7 Å². The Morgan fingerprint density at radius 3 is 2.43 bits per heavy atom. The van der Waals surface area contributed by atoms with Crippen LogP contribution in [0.1, 0.15) is 11.1 Å². The van der Waals surface area contributed by atoms with Crippen molar-refractivity contribution in [2.24, 2.45) is 0 Å². The molecule has 0 atom stereocenters. The molecule has 0 unspecified atom stereocenters. The van der Waals surface area contributed by atoms with Crippen LogP contribution in [-0.4, -0.2) is 40.5 Å². The predicted molar refractivity (Wildman–Crippen MR) is 144 cm³/mol. The minimum atomic E-state index is -1.15. The first-order chi connectivity index (χ1) is 17.8. The molecule has 4 rings (SSSR count). The number of ether oxygens (including phenoxy) is 3. The summed E-state index contributed by atoms with van der Waals surface area (Å²) in [7, 11) is 3.10. The molecule has 1 heterocycles. The van der Waals surface area contributed by atoms with Gasteiger partial charge in [-0.25, -0.2) is 9.78 Å². The Hall–Kier alpha value is -3.66. The Balaban J connectivity index is 1.59. The summed E-state index contributed by atoms with van der Waals surface area (Å²) in [5.41, 5.74) is 2.03. The average molecular weight is 558 g/mol. The maximum Gasteiger partial charge on any atom is 0.342 e. The van der Waals surface area contributed by atoms with Crippen LogP contribution < -0.4 is 14.2 Å². The van der Waals surface area contributed by atoms with Gasteiger partial charge in [-0.15, -0.1) is 5.10 Å². The summed E-state index contributed by atoms with van der Waals surface area (Å²) >= 11 is 13.1. The summed E-state index contributed by atoms with van der Waals surface area (Å²) in [5, 5.41) is 18.1. The number of benzene rings is 3. The Morgan fingerprint density at radius 1 is 1.03 bits per heavy atom. The number of aromatic amines is 1. The van der Waals surface area contributed by atoms with Crippen molar-refractivity contribution >= 4 is 47.0 Å². The number of carboxylic acids is 1. The molecule has 0 aliphatic carbocycles. The van der Waals surface area contributed by atoms with Gasteiger partial charge in [0.1, 0.15) is 28.8 Å². The summed E-state index contributed by atoms with van der Waals surface area (Å²) in [6.07, 6.45) is 1.47. The highest BCUT2D eigenvalue weighted by Gasteiger charge is 2.17. The lowest BCUT2D eigenvalue weighted by Gasteiger charge is -2.11. The van der Waals surface area contributed by atoms with E-state index in [0.29, 0.717) is 44.2 Å². The molecule has 190 valence electrons. The normalized spacial score (nSPS) is 11.3. The number of methoxy groups -OCH3 is 2. The van der Waals surface area contributed by atoms with Gasteiger partial charge >= 0.3 is 5.97 Å². The quantitative estimate of drug-likeness (QED) is 0.166. The maximum atomic E-state index is 12.1. The number of nitrogens with zero attached hydrogens (tertiary/aromatic N) is 2. The molecular weight excluding hydrogens is 537 g/mol. The van der Waals surface area contributed by atoms with Crippen LogP contribution in [0.4, 0.5) is 0 Å². The third-order valence-electron chi connectivity index (χ3n) is 5.04. The number of thioether (sulfide) groups is 1. The van der Waals surface area contributed by atoms with Crippen molar-refractivity contribution in [2.45, 2.75) is 11.8 Å². The minimum Gasteiger partial charge on any atom is -0.497 e. The second kappa shape index (κ2) is 12.1. The number of hydrogen-bond donors (Lipinski definition) is 2. The van der Waals surface area contributed by atoms with Gasteiger partial charge in [-0.05, 0) is 65.9 Å². The molecule has 8 nitrogen and oxygen atoms in total. The van der Waals surface area contributed by atoms with Crippen molar-refractivity contribution in [2.75, 3.05) is 14.2 Å². The van der Waals surface area contributed by atoms with Crippen molar-refractivity contribution in [1.82, 2.24) is 15.2 Å². The fourth-order valence-electron chi connectivity index (χ4n) is 3.29. The third-order valence-corrected chi connectivity index (χ3v) is 6.39. The van der Waals surface area contributed by atoms with Gasteiger partial charge in [0.25, 0.3) is 0 Å². The summed E-state index contributed by atoms with van der Waals surface area (Å²) in [6, 6.07) is 17.5. The van der Waals surface area contributed by atoms with E-state index >= 15 is 0 Å². The first kappa shape index (κ1) is 26.4. The number of hydrogen-bond acceptors (Lipinski definition) is 7. The van der Waals surface area contributed by atoms with Gasteiger partial charge < -0.3 is 19.3 Å². The van der Waals surface area contributed by atoms with Crippen LogP contribution in [0, 0.1) is 0 Å². The van der Waals surface area contributed by atoms with Crippen LogP contribution in [-0.2, 0) is 11.4 Å². The lowest BCUT2D eigenvalue weighted by molar-refractivity contribution is -0.131. The zero-order valence-electron chi connectivity index (χ0n) is 19.7. The largest absolute Gasteiger partial charge is 0.497 e. The van der Waals surface area contributed by atoms with E-state index in [4.69, 9.17) is 37.4 Å². The fourth-order valence-corrected chi connectivity index (χ4v) is 4.38. The molecular formula is C26H21Cl2N3O5S. The second-order valence-electron chi connectivity index (χ2n) is 7.58. The second-order valence-corrected chi connectivity index (χ2v) is 9.47. The van der Waals surface area contributed by atoms with Crippen molar-refractivity contribution in [3.8, 4) is 28.6 Å². The molecule has 0 radical (unpaired) electrons. The smallest absolute Gasteiger partial charge is 0.342 e. The molecule has 0 saturated carbocycles. The van der Waals surface area contributed by atoms with E-state index < -0.39 is 5.97 Å². The summed E-state index contributed by atoms with van der Waals surface area (Å²) < 4.78 is 16.5. The fraction of sp³-hybridized carbons (Fsp3) is 0.115. The Labute approximate surface area is 227 Å². The predicted octanol–water partition coefficient (Wildman–Crippen LogP) is 6.59. The molecule has 0 aliphatic rings. The van der Waals surface area contributed by atoms with Gasteiger partial charge in [-0.2, -0.15) is 0 Å². The van der Waals surface area contributed by atoms with Gasteiger partial charge in [0.2, 0.25) is 5.16 Å². The van der Waals surface area contributed by atoms with Gasteiger partial charge in [0.15, 0.2) is 5.82 Å². The number of halogens is 2. The lowest BCUT2D eigenvalue weighted by Crippen LogP contribution is -2.00. The van der Waals surface area contributed by atoms with Crippen molar-refractivity contribution in [3.63, 3.8) is 0 Å². The molecule has 0 amide bonds. The van der Waals surface area contributed by atoms with Crippen LogP contribution in [0.3, 0.4) is 0 Å². The zero-order valence-corrected chi connectivity index (χ0v) is 22.0. The molecule has 0 bridgehead atoms. The van der Waals surface area contributed by atoms with Crippen molar-refractivity contribution in [1.29, 1.82) is 0 Å². The van der Waals surface area contributed by atoms with Crippen molar-refractivity contribution in [3.05, 3.63) is 86.7 Å². The minimum absolute atomic E-state index is 0.0244. The number of H-pyrrole nitrogens is 1. The molecule has 11 heteroatoms. The van der Waals surface area contributed by atoms with Crippen LogP contribution in [0.2, 0.25) is 10.0 Å². The molecule has 0 saturated heterocycles. The molecule has 4 aromatic rings. The highest BCUT2D eigenvalue weighted by Crippen LogP contribution is 2.33. The number of carbonyl (C=O) groups is 1. The molecule has 2 N–H and O–H groups in total. The summed E-state index contributed by atoms with van der Waals surface area (Å²) in [5.74, 6) is 0.899. The van der Waals surface area contributed by atoms with Gasteiger partial charge in [0, 0.05) is 27.2 Å². The SMILES string of the molecule is COc1cc(OC)cc(-c2nc(S/C(=C\c3cc(Cl)ccc3OCc3cccc(Cl)c3)C(=O)O)n[nH]2)c1. The standard InChI is InChI=1S/C26H21Cl2N3O5S/c1-34-20-10-17(11-21(13-20)35-2)24-29-26(31-30-24)37-23(25(32)33)12-16-9-19(28)6-7-22(16)36-14-15-4-3-5-18(27)8-15/h3-13H,14H2,1-2H3,(H,32,33)(H,29,30,31)/b23-12-. The van der Waals surface area contributed by atoms with E-state index in [1.165, 1.54) is 6.08 Å². The zero-order chi connectivity index (χ0) is 26.4. The van der Waals surface area contributed by atoms with E-state index in [9.17, 15) is 9.90 Å². The Morgan fingerprint density at radius 2 is 1.76 bits per heavy atom. The van der Waals surface area contributed by atoms with Gasteiger partial charge in [-0.3, -0.25) is 5.10 Å². The van der Waals surface area contributed by atoms with E-state index in [1.807, 2.05) is 12.1 Å². The Kier molecular flexibility index (Phi) is 8.60. The van der Waals surface area contributed by atoms with Gasteiger partial charge in [-0.1, -0.05) is 35.3 Å². The highest BCUT2D eigenvalue weighted by molar-refractivity contribution is 8.04. The number of nitrogens with one attached hydrogen (secondary N) is 1. The van der Waals surface area contributed by atoms with Crippen LogP contribution in [0.5, 0.6) is 17.2 Å². The van der Waals surface area contributed by atoms with Crippen molar-refractivity contribution < 1.29 is 24.1 Å². The lowest BCUT2D eigenvalue weighted by atomic mass is 10.2. The number of aromatic nitrogens is 3. The topological polar surface area (TPSA) is 107 Å².